The Morgan fingerprint density at radius 1 is 1.18 bits per heavy atom. The molecular weight excluding hydrogens is 361 g/mol. The molecule has 0 saturated heterocycles. The summed E-state index contributed by atoms with van der Waals surface area (Å²) >= 11 is 0. The number of rotatable bonds is 5. The first kappa shape index (κ1) is 17.5. The van der Waals surface area contributed by atoms with E-state index in [0.717, 1.165) is 5.56 Å². The number of aromatic nitrogens is 6. The highest BCUT2D eigenvalue weighted by atomic mass is 19.1. The van der Waals surface area contributed by atoms with Crippen LogP contribution in [0.2, 0.25) is 0 Å². The van der Waals surface area contributed by atoms with Crippen LogP contribution in [0.1, 0.15) is 27.8 Å². The van der Waals surface area contributed by atoms with Crippen LogP contribution in [0.3, 0.4) is 0 Å². The Bertz CT molecular complexity index is 1090. The molecule has 0 saturated carbocycles. The molecule has 1 amide bonds. The van der Waals surface area contributed by atoms with Gasteiger partial charge in [-0.25, -0.2) is 14.1 Å². The largest absolute Gasteiger partial charge is 0.338 e. The van der Waals surface area contributed by atoms with Crippen molar-refractivity contribution in [3.8, 4) is 5.69 Å². The number of halogens is 1. The fourth-order valence-electron chi connectivity index (χ4n) is 2.89. The molecule has 0 radical (unpaired) electrons. The molecule has 1 atom stereocenters. The van der Waals surface area contributed by atoms with Crippen molar-refractivity contribution in [1.82, 2.24) is 35.1 Å². The van der Waals surface area contributed by atoms with Gasteiger partial charge in [-0.1, -0.05) is 18.2 Å². The second kappa shape index (κ2) is 7.39. The van der Waals surface area contributed by atoms with Gasteiger partial charge in [0.25, 0.3) is 5.91 Å². The lowest BCUT2D eigenvalue weighted by Crippen LogP contribution is -2.31. The van der Waals surface area contributed by atoms with Gasteiger partial charge in [0.15, 0.2) is 0 Å². The predicted octanol–water partition coefficient (Wildman–Crippen LogP) is 2.05. The average molecular weight is 377 g/mol. The molecule has 28 heavy (non-hydrogen) atoms. The summed E-state index contributed by atoms with van der Waals surface area (Å²) in [5.41, 5.74) is 1.82. The van der Waals surface area contributed by atoms with Gasteiger partial charge in [0.2, 0.25) is 0 Å². The Morgan fingerprint density at radius 2 is 2.00 bits per heavy atom. The third kappa shape index (κ3) is 3.50. The van der Waals surface area contributed by atoms with E-state index >= 15 is 0 Å². The Morgan fingerprint density at radius 3 is 2.68 bits per heavy atom. The number of imidazole rings is 1. The summed E-state index contributed by atoms with van der Waals surface area (Å²) in [6.07, 6.45) is 4.89. The maximum absolute atomic E-state index is 13.4. The summed E-state index contributed by atoms with van der Waals surface area (Å²) in [6, 6.07) is 12.4. The van der Waals surface area contributed by atoms with E-state index in [0.29, 0.717) is 17.1 Å². The Labute approximate surface area is 159 Å². The van der Waals surface area contributed by atoms with Crippen molar-refractivity contribution in [3.05, 3.63) is 90.0 Å². The number of tetrazole rings is 1. The minimum absolute atomic E-state index is 0.299. The number of carbonyl (C=O) groups excluding carboxylic acids is 1. The normalized spacial score (nSPS) is 11.9. The second-order valence-electron chi connectivity index (χ2n) is 6.16. The zero-order valence-corrected chi connectivity index (χ0v) is 14.9. The van der Waals surface area contributed by atoms with Crippen molar-refractivity contribution >= 4 is 5.91 Å². The van der Waals surface area contributed by atoms with Crippen LogP contribution in [-0.2, 0) is 7.05 Å². The summed E-state index contributed by atoms with van der Waals surface area (Å²) in [5, 5.41) is 14.0. The van der Waals surface area contributed by atoms with Crippen molar-refractivity contribution in [2.75, 3.05) is 0 Å². The topological polar surface area (TPSA) is 90.5 Å². The van der Waals surface area contributed by atoms with E-state index in [1.807, 2.05) is 11.6 Å². The Hall–Kier alpha value is -3.88. The van der Waals surface area contributed by atoms with Gasteiger partial charge >= 0.3 is 0 Å². The SMILES string of the molecule is Cn1ccnc1C(NC(=O)c1cccc(-n2cnnn2)c1)c1ccc(F)cc1. The molecule has 9 heteroatoms. The molecule has 8 nitrogen and oxygen atoms in total. The molecule has 0 aliphatic rings. The molecule has 0 aliphatic heterocycles. The monoisotopic (exact) mass is 377 g/mol. The Kier molecular flexibility index (Phi) is 4.63. The number of hydrogen-bond acceptors (Lipinski definition) is 5. The van der Waals surface area contributed by atoms with Crippen LogP contribution in [-0.4, -0.2) is 35.7 Å². The van der Waals surface area contributed by atoms with E-state index in [4.69, 9.17) is 0 Å². The summed E-state index contributed by atoms with van der Waals surface area (Å²) in [7, 11) is 1.84. The highest BCUT2D eigenvalue weighted by molar-refractivity contribution is 5.95. The molecule has 4 aromatic rings. The first-order valence-electron chi connectivity index (χ1n) is 8.49. The van der Waals surface area contributed by atoms with E-state index < -0.39 is 6.04 Å². The van der Waals surface area contributed by atoms with Crippen molar-refractivity contribution in [2.45, 2.75) is 6.04 Å². The summed E-state index contributed by atoms with van der Waals surface area (Å²) < 4.78 is 16.6. The van der Waals surface area contributed by atoms with Crippen LogP contribution in [0.5, 0.6) is 0 Å². The fraction of sp³-hybridized carbons (Fsp3) is 0.105. The van der Waals surface area contributed by atoms with Crippen LogP contribution in [0.4, 0.5) is 4.39 Å². The molecule has 0 fully saturated rings. The molecule has 0 spiro atoms. The van der Waals surface area contributed by atoms with Gasteiger partial charge in [0.1, 0.15) is 24.0 Å². The molecule has 1 unspecified atom stereocenters. The number of benzene rings is 2. The molecule has 1 N–H and O–H groups in total. The summed E-state index contributed by atoms with van der Waals surface area (Å²) in [5.74, 6) is -0.00773. The van der Waals surface area contributed by atoms with Gasteiger partial charge in [-0.15, -0.1) is 5.10 Å². The lowest BCUT2D eigenvalue weighted by molar-refractivity contribution is 0.0941. The van der Waals surface area contributed by atoms with Gasteiger partial charge in [-0.3, -0.25) is 4.79 Å². The standard InChI is InChI=1S/C19H16FN7O/c1-26-10-9-21-18(26)17(13-5-7-15(20)8-6-13)23-19(28)14-3-2-4-16(11-14)27-12-22-24-25-27/h2-12,17H,1H3,(H,23,28). The van der Waals surface area contributed by atoms with Gasteiger partial charge in [-0.05, 0) is 46.3 Å². The molecule has 2 aromatic carbocycles. The number of aryl methyl sites for hydroxylation is 1. The van der Waals surface area contributed by atoms with Crippen LogP contribution < -0.4 is 5.32 Å². The second-order valence-corrected chi connectivity index (χ2v) is 6.16. The maximum atomic E-state index is 13.4. The molecule has 2 aromatic heterocycles. The fourth-order valence-corrected chi connectivity index (χ4v) is 2.89. The minimum Gasteiger partial charge on any atom is -0.338 e. The first-order valence-corrected chi connectivity index (χ1v) is 8.49. The van der Waals surface area contributed by atoms with Crippen LogP contribution in [0, 0.1) is 5.82 Å². The van der Waals surface area contributed by atoms with Crippen molar-refractivity contribution in [2.24, 2.45) is 7.05 Å². The zero-order valence-electron chi connectivity index (χ0n) is 14.9. The van der Waals surface area contributed by atoms with E-state index in [-0.39, 0.29) is 11.7 Å². The van der Waals surface area contributed by atoms with Crippen molar-refractivity contribution in [1.29, 1.82) is 0 Å². The number of amides is 1. The minimum atomic E-state index is -0.537. The van der Waals surface area contributed by atoms with E-state index in [2.05, 4.69) is 25.8 Å². The van der Waals surface area contributed by atoms with Gasteiger partial charge in [0, 0.05) is 25.0 Å². The van der Waals surface area contributed by atoms with Crippen LogP contribution >= 0.6 is 0 Å². The lowest BCUT2D eigenvalue weighted by Gasteiger charge is -2.19. The highest BCUT2D eigenvalue weighted by Crippen LogP contribution is 2.22. The van der Waals surface area contributed by atoms with Crippen LogP contribution in [0.15, 0.2) is 67.3 Å². The highest BCUT2D eigenvalue weighted by Gasteiger charge is 2.21. The van der Waals surface area contributed by atoms with Crippen molar-refractivity contribution < 1.29 is 9.18 Å². The third-order valence-electron chi connectivity index (χ3n) is 4.32. The third-order valence-corrected chi connectivity index (χ3v) is 4.32. The maximum Gasteiger partial charge on any atom is 0.252 e. The quantitative estimate of drug-likeness (QED) is 0.575. The van der Waals surface area contributed by atoms with E-state index in [1.165, 1.54) is 23.1 Å². The number of nitrogens with zero attached hydrogens (tertiary/aromatic N) is 6. The Balaban J connectivity index is 1.65. The number of hydrogen-bond donors (Lipinski definition) is 1. The summed E-state index contributed by atoms with van der Waals surface area (Å²) in [4.78, 5) is 17.3. The summed E-state index contributed by atoms with van der Waals surface area (Å²) in [6.45, 7) is 0. The lowest BCUT2D eigenvalue weighted by atomic mass is 10.0. The predicted molar refractivity (Wildman–Crippen MR) is 98.1 cm³/mol. The molecular formula is C19H16FN7O. The number of nitrogens with one attached hydrogen (secondary N) is 1. The molecule has 140 valence electrons. The van der Waals surface area contributed by atoms with E-state index in [1.54, 1.807) is 48.8 Å². The van der Waals surface area contributed by atoms with Gasteiger partial charge in [0.05, 0.1) is 5.69 Å². The van der Waals surface area contributed by atoms with E-state index in [9.17, 15) is 9.18 Å². The molecule has 0 bridgehead atoms. The molecule has 2 heterocycles. The molecule has 4 rings (SSSR count). The smallest absolute Gasteiger partial charge is 0.252 e. The first-order chi connectivity index (χ1) is 13.6. The van der Waals surface area contributed by atoms with Crippen molar-refractivity contribution in [3.63, 3.8) is 0 Å². The molecule has 0 aliphatic carbocycles. The zero-order chi connectivity index (χ0) is 19.5. The van der Waals surface area contributed by atoms with Gasteiger partial charge < -0.3 is 9.88 Å². The van der Waals surface area contributed by atoms with Gasteiger partial charge in [-0.2, -0.15) is 0 Å². The van der Waals surface area contributed by atoms with Crippen LogP contribution in [0.25, 0.3) is 5.69 Å². The number of carbonyl (C=O) groups is 1. The average Bonchev–Trinajstić information content (AvgIpc) is 3.39.